The molecule has 0 unspecified atom stereocenters. The van der Waals surface area contributed by atoms with Gasteiger partial charge in [-0.15, -0.1) is 0 Å². The van der Waals surface area contributed by atoms with Gasteiger partial charge in [0.05, 0.1) is 10.4 Å². The minimum absolute atomic E-state index is 0.00905. The maximum atomic E-state index is 13.2. The van der Waals surface area contributed by atoms with Crippen LogP contribution in [0.5, 0.6) is 0 Å². The first-order valence-electron chi connectivity index (χ1n) is 6.53. The van der Waals surface area contributed by atoms with E-state index < -0.39 is 4.92 Å². The number of aromatic amines is 1. The second-order valence-electron chi connectivity index (χ2n) is 4.07. The first-order chi connectivity index (χ1) is 10.1. The van der Waals surface area contributed by atoms with E-state index in [0.717, 1.165) is 5.52 Å². The molecular weight excluding hydrogens is 273 g/mol. The van der Waals surface area contributed by atoms with Crippen molar-refractivity contribution < 1.29 is 9.31 Å². The summed E-state index contributed by atoms with van der Waals surface area (Å²) in [7, 11) is 0. The van der Waals surface area contributed by atoms with Crippen molar-refractivity contribution >= 4 is 16.6 Å². The van der Waals surface area contributed by atoms with Crippen LogP contribution in [0.2, 0.25) is 0 Å². The maximum absolute atomic E-state index is 13.2. The van der Waals surface area contributed by atoms with E-state index in [-0.39, 0.29) is 11.5 Å². The average Bonchev–Trinajstić information content (AvgIpc) is 2.92. The lowest BCUT2D eigenvalue weighted by Crippen LogP contribution is -1.87. The smallest absolute Gasteiger partial charge is 0.269 e. The van der Waals surface area contributed by atoms with Crippen molar-refractivity contribution in [2.45, 2.75) is 13.8 Å². The summed E-state index contributed by atoms with van der Waals surface area (Å²) in [5.41, 5.74) is 2.00. The van der Waals surface area contributed by atoms with Gasteiger partial charge in [0.15, 0.2) is 0 Å². The van der Waals surface area contributed by atoms with E-state index >= 15 is 0 Å². The van der Waals surface area contributed by atoms with Crippen molar-refractivity contribution in [3.8, 4) is 11.3 Å². The highest BCUT2D eigenvalue weighted by atomic mass is 19.1. The van der Waals surface area contributed by atoms with E-state index in [1.54, 1.807) is 18.2 Å². The Morgan fingerprint density at radius 1 is 1.14 bits per heavy atom. The molecule has 2 aromatic carbocycles. The number of non-ortho nitro benzene ring substituents is 1. The molecule has 0 aliphatic heterocycles. The maximum Gasteiger partial charge on any atom is 0.269 e. The third-order valence-corrected chi connectivity index (χ3v) is 2.88. The summed E-state index contributed by atoms with van der Waals surface area (Å²) in [5.74, 6) is -0.350. The van der Waals surface area contributed by atoms with Crippen LogP contribution in [0.15, 0.2) is 42.5 Å². The average molecular weight is 287 g/mol. The van der Waals surface area contributed by atoms with Crippen molar-refractivity contribution in [3.63, 3.8) is 0 Å². The van der Waals surface area contributed by atoms with Gasteiger partial charge in [-0.3, -0.25) is 15.2 Å². The lowest BCUT2D eigenvalue weighted by molar-refractivity contribution is -0.384. The lowest BCUT2D eigenvalue weighted by atomic mass is 10.1. The quantitative estimate of drug-likeness (QED) is 0.564. The molecule has 1 N–H and O–H groups in total. The molecular formula is C15H14FN3O2. The SMILES string of the molecule is CC.O=[N+]([O-])c1ccc(-c2n[nH]c3ccc(F)cc23)cc1. The third-order valence-electron chi connectivity index (χ3n) is 2.88. The molecule has 1 heterocycles. The summed E-state index contributed by atoms with van der Waals surface area (Å²) >= 11 is 0. The van der Waals surface area contributed by atoms with Gasteiger partial charge in [0.2, 0.25) is 0 Å². The molecule has 0 radical (unpaired) electrons. The highest BCUT2D eigenvalue weighted by molar-refractivity contribution is 5.92. The normalized spacial score (nSPS) is 10.0. The van der Waals surface area contributed by atoms with Crippen molar-refractivity contribution in [3.05, 3.63) is 58.4 Å². The molecule has 21 heavy (non-hydrogen) atoms. The Morgan fingerprint density at radius 3 is 2.43 bits per heavy atom. The minimum Gasteiger partial charge on any atom is -0.277 e. The van der Waals surface area contributed by atoms with Gasteiger partial charge in [-0.25, -0.2) is 4.39 Å². The monoisotopic (exact) mass is 287 g/mol. The van der Waals surface area contributed by atoms with E-state index in [4.69, 9.17) is 0 Å². The number of benzene rings is 2. The topological polar surface area (TPSA) is 71.8 Å². The number of aromatic nitrogens is 2. The predicted molar refractivity (Wildman–Crippen MR) is 79.5 cm³/mol. The van der Waals surface area contributed by atoms with Crippen molar-refractivity contribution in [2.75, 3.05) is 0 Å². The Labute approximate surface area is 120 Å². The summed E-state index contributed by atoms with van der Waals surface area (Å²) in [6, 6.07) is 10.3. The van der Waals surface area contributed by atoms with E-state index in [1.165, 1.54) is 24.3 Å². The number of H-pyrrole nitrogens is 1. The Bertz CT molecular complexity index is 766. The van der Waals surface area contributed by atoms with Gasteiger partial charge in [-0.05, 0) is 30.3 Å². The van der Waals surface area contributed by atoms with Gasteiger partial charge in [-0.2, -0.15) is 5.10 Å². The largest absolute Gasteiger partial charge is 0.277 e. The summed E-state index contributed by atoms with van der Waals surface area (Å²) in [6.07, 6.45) is 0. The van der Waals surface area contributed by atoms with Crippen LogP contribution in [-0.2, 0) is 0 Å². The number of rotatable bonds is 2. The zero-order valence-electron chi connectivity index (χ0n) is 11.6. The van der Waals surface area contributed by atoms with E-state index in [0.29, 0.717) is 16.6 Å². The lowest BCUT2D eigenvalue weighted by Gasteiger charge is -1.98. The van der Waals surface area contributed by atoms with Crippen molar-refractivity contribution in [2.24, 2.45) is 0 Å². The van der Waals surface area contributed by atoms with Crippen LogP contribution < -0.4 is 0 Å². The fraction of sp³-hybridized carbons (Fsp3) is 0.133. The molecule has 5 nitrogen and oxygen atoms in total. The van der Waals surface area contributed by atoms with Crippen LogP contribution >= 0.6 is 0 Å². The molecule has 1 aromatic heterocycles. The van der Waals surface area contributed by atoms with Gasteiger partial charge in [0.25, 0.3) is 5.69 Å². The van der Waals surface area contributed by atoms with Crippen LogP contribution in [0, 0.1) is 15.9 Å². The molecule has 0 amide bonds. The minimum atomic E-state index is -0.466. The highest BCUT2D eigenvalue weighted by Crippen LogP contribution is 2.28. The van der Waals surface area contributed by atoms with E-state index in [9.17, 15) is 14.5 Å². The van der Waals surface area contributed by atoms with Gasteiger partial charge >= 0.3 is 0 Å². The number of nitrogens with one attached hydrogen (secondary N) is 1. The molecule has 0 atom stereocenters. The van der Waals surface area contributed by atoms with Gasteiger partial charge in [0.1, 0.15) is 11.5 Å². The number of nitro benzene ring substituents is 1. The van der Waals surface area contributed by atoms with Gasteiger partial charge in [-0.1, -0.05) is 13.8 Å². The summed E-state index contributed by atoms with van der Waals surface area (Å²) in [6.45, 7) is 4.00. The van der Waals surface area contributed by atoms with Crippen molar-refractivity contribution in [1.82, 2.24) is 10.2 Å². The van der Waals surface area contributed by atoms with Crippen LogP contribution in [-0.4, -0.2) is 15.1 Å². The summed E-state index contributed by atoms with van der Waals surface area (Å²) in [4.78, 5) is 10.1. The number of hydrogen-bond acceptors (Lipinski definition) is 3. The second kappa shape index (κ2) is 6.13. The molecule has 0 spiro atoms. The van der Waals surface area contributed by atoms with Gasteiger partial charge < -0.3 is 0 Å². The summed E-state index contributed by atoms with van der Waals surface area (Å²) in [5, 5.41) is 18.2. The molecule has 108 valence electrons. The first-order valence-corrected chi connectivity index (χ1v) is 6.53. The Morgan fingerprint density at radius 2 is 1.81 bits per heavy atom. The molecule has 3 rings (SSSR count). The highest BCUT2D eigenvalue weighted by Gasteiger charge is 2.11. The fourth-order valence-electron chi connectivity index (χ4n) is 1.95. The fourth-order valence-corrected chi connectivity index (χ4v) is 1.95. The molecule has 0 saturated carbocycles. The molecule has 0 aliphatic carbocycles. The number of halogens is 1. The van der Waals surface area contributed by atoms with Crippen molar-refractivity contribution in [1.29, 1.82) is 0 Å². The summed E-state index contributed by atoms with van der Waals surface area (Å²) < 4.78 is 13.2. The first kappa shape index (κ1) is 14.6. The molecule has 0 fully saturated rings. The zero-order chi connectivity index (χ0) is 15.4. The standard InChI is InChI=1S/C13H8FN3O2.C2H6/c14-9-3-6-12-11(7-9)13(16-15-12)8-1-4-10(5-2-8)17(18)19;1-2/h1-7H,(H,15,16);1-2H3. The number of hydrogen-bond donors (Lipinski definition) is 1. The number of nitro groups is 1. The molecule has 3 aromatic rings. The van der Waals surface area contributed by atoms with E-state index in [1.807, 2.05) is 13.8 Å². The third kappa shape index (κ3) is 2.89. The Balaban J connectivity index is 0.000000774. The zero-order valence-corrected chi connectivity index (χ0v) is 11.6. The molecule has 6 heteroatoms. The molecule has 0 aliphatic rings. The van der Waals surface area contributed by atoms with Crippen LogP contribution in [0.3, 0.4) is 0 Å². The van der Waals surface area contributed by atoms with Crippen LogP contribution in [0.1, 0.15) is 13.8 Å². The van der Waals surface area contributed by atoms with E-state index in [2.05, 4.69) is 10.2 Å². The second-order valence-corrected chi connectivity index (χ2v) is 4.07. The predicted octanol–water partition coefficient (Wildman–Crippen LogP) is 4.30. The van der Waals surface area contributed by atoms with Crippen LogP contribution in [0.25, 0.3) is 22.2 Å². The van der Waals surface area contributed by atoms with Gasteiger partial charge in [0, 0.05) is 23.1 Å². The number of fused-ring (bicyclic) bond motifs is 1. The molecule has 0 saturated heterocycles. The Kier molecular flexibility index (Phi) is 4.27. The van der Waals surface area contributed by atoms with Crippen LogP contribution in [0.4, 0.5) is 10.1 Å². The molecule has 0 bridgehead atoms. The number of nitrogens with zero attached hydrogens (tertiary/aromatic N) is 2. The Hall–Kier alpha value is -2.76.